The molecule has 0 aromatic heterocycles. The minimum atomic E-state index is -0.618. The zero-order chi connectivity index (χ0) is 13.3. The van der Waals surface area contributed by atoms with Crippen LogP contribution in [-0.2, 0) is 9.59 Å². The molecule has 1 aliphatic heterocycles. The average Bonchev–Trinajstić information content (AvgIpc) is 2.60. The van der Waals surface area contributed by atoms with Crippen molar-refractivity contribution in [1.29, 1.82) is 0 Å². The lowest BCUT2D eigenvalue weighted by atomic mass is 10.1. The number of nitrogens with two attached hydrogens (primary N) is 1. The third-order valence-electron chi connectivity index (χ3n) is 2.66. The first-order chi connectivity index (χ1) is 8.54. The summed E-state index contributed by atoms with van der Waals surface area (Å²) in [6.07, 6.45) is 0.0467. The van der Waals surface area contributed by atoms with Crippen molar-refractivity contribution in [3.8, 4) is 0 Å². The molecule has 1 heterocycles. The van der Waals surface area contributed by atoms with Gasteiger partial charge < -0.3 is 4.90 Å². The van der Waals surface area contributed by atoms with Crippen LogP contribution < -0.4 is 16.2 Å². The van der Waals surface area contributed by atoms with E-state index in [1.807, 2.05) is 5.43 Å². The average molecular weight is 312 g/mol. The van der Waals surface area contributed by atoms with Gasteiger partial charge in [0.25, 0.3) is 11.7 Å². The van der Waals surface area contributed by atoms with Crippen LogP contribution >= 0.6 is 15.9 Å². The van der Waals surface area contributed by atoms with Crippen LogP contribution in [0.2, 0.25) is 0 Å². The van der Waals surface area contributed by atoms with Crippen molar-refractivity contribution in [2.24, 2.45) is 5.84 Å². The predicted molar refractivity (Wildman–Crippen MR) is 67.8 cm³/mol. The molecule has 0 fully saturated rings. The largest absolute Gasteiger partial charge is 0.304 e. The van der Waals surface area contributed by atoms with E-state index in [9.17, 15) is 14.4 Å². The fourth-order valence-corrected chi connectivity index (χ4v) is 2.14. The minimum absolute atomic E-state index is 0.0467. The lowest BCUT2D eigenvalue weighted by Crippen LogP contribution is -2.36. The highest BCUT2D eigenvalue weighted by Gasteiger charge is 2.35. The van der Waals surface area contributed by atoms with Crippen LogP contribution in [-0.4, -0.2) is 24.1 Å². The second kappa shape index (κ2) is 4.87. The molecule has 0 saturated heterocycles. The van der Waals surface area contributed by atoms with Gasteiger partial charge >= 0.3 is 0 Å². The molecule has 0 radical (unpaired) electrons. The molecule has 2 amide bonds. The van der Waals surface area contributed by atoms with Crippen molar-refractivity contribution in [3.05, 3.63) is 28.2 Å². The summed E-state index contributed by atoms with van der Waals surface area (Å²) in [4.78, 5) is 35.9. The molecule has 1 aromatic carbocycles. The number of ketones is 1. The van der Waals surface area contributed by atoms with Crippen LogP contribution in [0.4, 0.5) is 5.69 Å². The fraction of sp³-hybridized carbons (Fsp3) is 0.182. The van der Waals surface area contributed by atoms with Crippen LogP contribution in [0.1, 0.15) is 16.8 Å². The molecule has 2 rings (SSSR count). The molecular weight excluding hydrogens is 302 g/mol. The number of nitrogens with one attached hydrogen (secondary N) is 1. The summed E-state index contributed by atoms with van der Waals surface area (Å²) >= 11 is 3.24. The van der Waals surface area contributed by atoms with E-state index in [-0.39, 0.29) is 18.9 Å². The molecule has 0 atom stereocenters. The maximum atomic E-state index is 11.8. The summed E-state index contributed by atoms with van der Waals surface area (Å²) in [7, 11) is 0. The number of hydrogen-bond donors (Lipinski definition) is 2. The summed E-state index contributed by atoms with van der Waals surface area (Å²) < 4.78 is 0.726. The molecule has 0 aliphatic carbocycles. The van der Waals surface area contributed by atoms with E-state index in [2.05, 4.69) is 15.9 Å². The number of fused-ring (bicyclic) bond motifs is 1. The molecule has 0 saturated carbocycles. The molecule has 0 bridgehead atoms. The number of hydrazine groups is 1. The Morgan fingerprint density at radius 2 is 2.11 bits per heavy atom. The van der Waals surface area contributed by atoms with Crippen molar-refractivity contribution in [3.63, 3.8) is 0 Å². The standard InChI is InChI=1S/C11H10BrN3O3/c12-6-1-2-8-7(5-6)10(17)11(18)15(8)4-3-9(16)14-13/h1-2,5H,3-4,13H2,(H,14,16). The van der Waals surface area contributed by atoms with Gasteiger partial charge in [0.2, 0.25) is 5.91 Å². The molecule has 3 N–H and O–H groups in total. The monoisotopic (exact) mass is 311 g/mol. The van der Waals surface area contributed by atoms with Gasteiger partial charge in [-0.25, -0.2) is 5.84 Å². The molecule has 0 unspecified atom stereocenters. The van der Waals surface area contributed by atoms with E-state index < -0.39 is 11.7 Å². The lowest BCUT2D eigenvalue weighted by molar-refractivity contribution is -0.121. The highest BCUT2D eigenvalue weighted by atomic mass is 79.9. The van der Waals surface area contributed by atoms with E-state index >= 15 is 0 Å². The van der Waals surface area contributed by atoms with Gasteiger partial charge in [0.1, 0.15) is 0 Å². The summed E-state index contributed by atoms with van der Waals surface area (Å²) in [5.41, 5.74) is 2.85. The van der Waals surface area contributed by atoms with E-state index in [0.717, 1.165) is 4.47 Å². The third-order valence-corrected chi connectivity index (χ3v) is 3.15. The summed E-state index contributed by atoms with van der Waals surface area (Å²) in [6, 6.07) is 5.00. The Balaban J connectivity index is 2.26. The van der Waals surface area contributed by atoms with Crippen molar-refractivity contribution in [1.82, 2.24) is 5.43 Å². The highest BCUT2D eigenvalue weighted by Crippen LogP contribution is 2.31. The normalized spacial score (nSPS) is 13.8. The highest BCUT2D eigenvalue weighted by molar-refractivity contribution is 9.10. The van der Waals surface area contributed by atoms with Gasteiger partial charge in [-0.2, -0.15) is 0 Å². The minimum Gasteiger partial charge on any atom is -0.304 e. The summed E-state index contributed by atoms with van der Waals surface area (Å²) in [5, 5.41) is 0. The first-order valence-electron chi connectivity index (χ1n) is 5.20. The topological polar surface area (TPSA) is 92.5 Å². The van der Waals surface area contributed by atoms with E-state index in [4.69, 9.17) is 5.84 Å². The number of halogens is 1. The van der Waals surface area contributed by atoms with Gasteiger partial charge in [0.15, 0.2) is 0 Å². The molecule has 94 valence electrons. The van der Waals surface area contributed by atoms with Gasteiger partial charge in [0, 0.05) is 17.4 Å². The molecule has 1 aromatic rings. The summed E-state index contributed by atoms with van der Waals surface area (Å²) in [5.74, 6) is 3.40. The van der Waals surface area contributed by atoms with Crippen LogP contribution in [0.5, 0.6) is 0 Å². The van der Waals surface area contributed by atoms with Crippen LogP contribution in [0.15, 0.2) is 22.7 Å². The fourth-order valence-electron chi connectivity index (χ4n) is 1.78. The Morgan fingerprint density at radius 3 is 2.78 bits per heavy atom. The number of anilines is 1. The Morgan fingerprint density at radius 1 is 1.39 bits per heavy atom. The van der Waals surface area contributed by atoms with Gasteiger partial charge in [-0.15, -0.1) is 0 Å². The Bertz CT molecular complexity index is 544. The van der Waals surface area contributed by atoms with Crippen LogP contribution in [0, 0.1) is 0 Å². The number of rotatable bonds is 3. The maximum absolute atomic E-state index is 11.8. The van der Waals surface area contributed by atoms with Crippen molar-refractivity contribution in [2.45, 2.75) is 6.42 Å². The zero-order valence-electron chi connectivity index (χ0n) is 9.27. The van der Waals surface area contributed by atoms with Gasteiger partial charge in [-0.05, 0) is 18.2 Å². The van der Waals surface area contributed by atoms with Crippen molar-refractivity contribution in [2.75, 3.05) is 11.4 Å². The van der Waals surface area contributed by atoms with E-state index in [1.54, 1.807) is 18.2 Å². The SMILES string of the molecule is NNC(=O)CCN1C(=O)C(=O)c2cc(Br)ccc21. The number of benzene rings is 1. The Kier molecular flexibility index (Phi) is 3.44. The first kappa shape index (κ1) is 12.7. The smallest absolute Gasteiger partial charge is 0.299 e. The molecule has 0 spiro atoms. The Hall–Kier alpha value is -1.73. The number of amides is 2. The van der Waals surface area contributed by atoms with Gasteiger partial charge in [-0.1, -0.05) is 15.9 Å². The predicted octanol–water partition coefficient (Wildman–Crippen LogP) is 0.358. The maximum Gasteiger partial charge on any atom is 0.299 e. The molecule has 1 aliphatic rings. The second-order valence-corrected chi connectivity index (χ2v) is 4.68. The molecule has 18 heavy (non-hydrogen) atoms. The lowest BCUT2D eigenvalue weighted by Gasteiger charge is -2.15. The van der Waals surface area contributed by atoms with Gasteiger partial charge in [0.05, 0.1) is 11.3 Å². The van der Waals surface area contributed by atoms with E-state index in [1.165, 1.54) is 4.90 Å². The molecule has 7 heteroatoms. The van der Waals surface area contributed by atoms with Crippen molar-refractivity contribution >= 4 is 39.2 Å². The van der Waals surface area contributed by atoms with Crippen LogP contribution in [0.25, 0.3) is 0 Å². The van der Waals surface area contributed by atoms with Crippen LogP contribution in [0.3, 0.4) is 0 Å². The third kappa shape index (κ3) is 2.14. The number of carbonyl (C=O) groups is 3. The van der Waals surface area contributed by atoms with E-state index in [0.29, 0.717) is 11.3 Å². The number of hydrogen-bond acceptors (Lipinski definition) is 4. The second-order valence-electron chi connectivity index (χ2n) is 3.76. The molecular formula is C11H10BrN3O3. The number of carbonyl (C=O) groups excluding carboxylic acids is 3. The summed E-state index contributed by atoms with van der Waals surface area (Å²) in [6.45, 7) is 0.127. The number of Topliss-reactive ketones (excluding diaryl/α,β-unsaturated/α-hetero) is 1. The van der Waals surface area contributed by atoms with Crippen molar-refractivity contribution < 1.29 is 14.4 Å². The quantitative estimate of drug-likeness (QED) is 0.365. The number of nitrogens with zero attached hydrogens (tertiary/aromatic N) is 1. The molecule has 6 nitrogen and oxygen atoms in total. The van der Waals surface area contributed by atoms with Gasteiger partial charge in [-0.3, -0.25) is 19.8 Å². The Labute approximate surface area is 111 Å². The first-order valence-corrected chi connectivity index (χ1v) is 5.99. The zero-order valence-corrected chi connectivity index (χ0v) is 10.9.